The van der Waals surface area contributed by atoms with E-state index >= 15 is 0 Å². The predicted molar refractivity (Wildman–Crippen MR) is 67.0 cm³/mol. The summed E-state index contributed by atoms with van der Waals surface area (Å²) < 4.78 is 4.42. The third-order valence-corrected chi connectivity index (χ3v) is 2.57. The maximum atomic E-state index is 10.1. The lowest BCUT2D eigenvalue weighted by atomic mass is 10.1. The molecule has 1 aromatic carbocycles. The topological polar surface area (TPSA) is 72.5 Å². The van der Waals surface area contributed by atoms with Crippen molar-refractivity contribution in [1.29, 1.82) is 0 Å². The van der Waals surface area contributed by atoms with E-state index in [1.165, 1.54) is 5.56 Å². The van der Waals surface area contributed by atoms with Crippen molar-refractivity contribution in [2.75, 3.05) is 12.3 Å². The molecule has 17 heavy (non-hydrogen) atoms. The predicted octanol–water partition coefficient (Wildman–Crippen LogP) is 3.07. The molecule has 4 nitrogen and oxygen atoms in total. The van der Waals surface area contributed by atoms with Crippen molar-refractivity contribution < 1.29 is 14.6 Å². The highest BCUT2D eigenvalue weighted by Crippen LogP contribution is 2.10. The van der Waals surface area contributed by atoms with E-state index in [2.05, 4.69) is 4.74 Å². The van der Waals surface area contributed by atoms with Crippen LogP contribution in [0.1, 0.15) is 31.2 Å². The molecule has 0 bridgehead atoms. The van der Waals surface area contributed by atoms with Crippen LogP contribution in [0.4, 0.5) is 10.5 Å². The zero-order chi connectivity index (χ0) is 12.5. The van der Waals surface area contributed by atoms with Gasteiger partial charge in [0, 0.05) is 5.69 Å². The number of carboxylic acid groups (broad SMARTS) is 1. The molecular formula is C13H19NO3. The van der Waals surface area contributed by atoms with Crippen molar-refractivity contribution in [3.8, 4) is 0 Å². The summed E-state index contributed by atoms with van der Waals surface area (Å²) in [6.07, 6.45) is 3.85. The molecule has 0 atom stereocenters. The van der Waals surface area contributed by atoms with Gasteiger partial charge in [0.1, 0.15) is 0 Å². The monoisotopic (exact) mass is 237 g/mol. The summed E-state index contributed by atoms with van der Waals surface area (Å²) in [5.74, 6) is 0. The fourth-order valence-electron chi connectivity index (χ4n) is 1.63. The minimum Gasteiger partial charge on any atom is -0.450 e. The number of benzene rings is 1. The van der Waals surface area contributed by atoms with E-state index in [9.17, 15) is 4.79 Å². The number of unbranched alkanes of at least 4 members (excludes halogenated alkanes) is 3. The molecule has 0 fully saturated rings. The molecule has 0 aliphatic carbocycles. The van der Waals surface area contributed by atoms with Gasteiger partial charge in [-0.15, -0.1) is 0 Å². The largest absolute Gasteiger partial charge is 0.505 e. The Labute approximate surface area is 101 Å². The average Bonchev–Trinajstić information content (AvgIpc) is 2.30. The Balaban J connectivity index is 2.01. The highest BCUT2D eigenvalue weighted by molar-refractivity contribution is 5.56. The van der Waals surface area contributed by atoms with Gasteiger partial charge in [-0.1, -0.05) is 25.0 Å². The second kappa shape index (κ2) is 7.54. The zero-order valence-electron chi connectivity index (χ0n) is 9.89. The number of hydrogen-bond donors (Lipinski definition) is 2. The van der Waals surface area contributed by atoms with Crippen molar-refractivity contribution in [2.24, 2.45) is 0 Å². The lowest BCUT2D eigenvalue weighted by molar-refractivity contribution is 0.0900. The fraction of sp³-hybridized carbons (Fsp3) is 0.462. The first-order chi connectivity index (χ1) is 8.18. The molecule has 0 spiro atoms. The lowest BCUT2D eigenvalue weighted by Crippen LogP contribution is -2.01. The van der Waals surface area contributed by atoms with Crippen LogP contribution in [-0.2, 0) is 11.2 Å². The molecular weight excluding hydrogens is 218 g/mol. The summed E-state index contributed by atoms with van der Waals surface area (Å²) in [6.45, 7) is 0.303. The van der Waals surface area contributed by atoms with Gasteiger partial charge in [-0.05, 0) is 37.0 Å². The summed E-state index contributed by atoms with van der Waals surface area (Å²) in [5.41, 5.74) is 7.68. The number of anilines is 1. The molecule has 0 radical (unpaired) electrons. The van der Waals surface area contributed by atoms with Gasteiger partial charge in [0.05, 0.1) is 6.61 Å². The van der Waals surface area contributed by atoms with Gasteiger partial charge in [-0.25, -0.2) is 4.79 Å². The highest BCUT2D eigenvalue weighted by atomic mass is 16.7. The third-order valence-electron chi connectivity index (χ3n) is 2.57. The Kier molecular flexibility index (Phi) is 5.93. The molecule has 0 unspecified atom stereocenters. The number of hydrogen-bond acceptors (Lipinski definition) is 3. The first-order valence-electron chi connectivity index (χ1n) is 5.88. The van der Waals surface area contributed by atoms with Gasteiger partial charge in [-0.2, -0.15) is 0 Å². The fourth-order valence-corrected chi connectivity index (χ4v) is 1.63. The minimum atomic E-state index is -1.19. The lowest BCUT2D eigenvalue weighted by Gasteiger charge is -2.03. The van der Waals surface area contributed by atoms with Crippen LogP contribution in [0, 0.1) is 0 Å². The number of carbonyl (C=O) groups is 1. The van der Waals surface area contributed by atoms with E-state index in [1.807, 2.05) is 24.3 Å². The standard InChI is InChI=1S/C13H19NO3/c14-12-8-6-11(7-9-12)5-3-1-2-4-10-17-13(15)16/h6-9H,1-5,10,14H2,(H,15,16). The van der Waals surface area contributed by atoms with Crippen LogP contribution < -0.4 is 5.73 Å². The van der Waals surface area contributed by atoms with Crippen LogP contribution in [0.3, 0.4) is 0 Å². The Bertz CT molecular complexity index is 335. The van der Waals surface area contributed by atoms with Crippen molar-refractivity contribution in [3.63, 3.8) is 0 Å². The van der Waals surface area contributed by atoms with Crippen LogP contribution in [0.5, 0.6) is 0 Å². The molecule has 0 aliphatic rings. The maximum Gasteiger partial charge on any atom is 0.505 e. The smallest absolute Gasteiger partial charge is 0.450 e. The minimum absolute atomic E-state index is 0.303. The van der Waals surface area contributed by atoms with Gasteiger partial charge in [0.2, 0.25) is 0 Å². The quantitative estimate of drug-likeness (QED) is 0.434. The van der Waals surface area contributed by atoms with Crippen LogP contribution in [0.2, 0.25) is 0 Å². The molecule has 0 saturated heterocycles. The Morgan fingerprint density at radius 2 is 1.76 bits per heavy atom. The molecule has 0 amide bonds. The molecule has 94 valence electrons. The van der Waals surface area contributed by atoms with Crippen molar-refractivity contribution in [2.45, 2.75) is 32.1 Å². The van der Waals surface area contributed by atoms with Gasteiger partial charge < -0.3 is 15.6 Å². The third kappa shape index (κ3) is 6.45. The number of nitrogens with two attached hydrogens (primary N) is 1. The van der Waals surface area contributed by atoms with Gasteiger partial charge >= 0.3 is 6.16 Å². The van der Waals surface area contributed by atoms with E-state index in [1.54, 1.807) is 0 Å². The van der Waals surface area contributed by atoms with Crippen molar-refractivity contribution in [3.05, 3.63) is 29.8 Å². The summed E-state index contributed by atoms with van der Waals surface area (Å²) >= 11 is 0. The normalized spacial score (nSPS) is 10.1. The molecule has 3 N–H and O–H groups in total. The summed E-state index contributed by atoms with van der Waals surface area (Å²) in [7, 11) is 0. The first-order valence-corrected chi connectivity index (χ1v) is 5.88. The van der Waals surface area contributed by atoms with Gasteiger partial charge in [-0.3, -0.25) is 0 Å². The number of nitrogen functional groups attached to an aromatic ring is 1. The first kappa shape index (κ1) is 13.4. The summed E-state index contributed by atoms with van der Waals surface area (Å²) in [5, 5.41) is 8.25. The van der Waals surface area contributed by atoms with Gasteiger partial charge in [0.15, 0.2) is 0 Å². The summed E-state index contributed by atoms with van der Waals surface area (Å²) in [4.78, 5) is 10.1. The molecule has 0 heterocycles. The van der Waals surface area contributed by atoms with E-state index in [-0.39, 0.29) is 0 Å². The van der Waals surface area contributed by atoms with E-state index in [4.69, 9.17) is 10.8 Å². The van der Waals surface area contributed by atoms with Gasteiger partial charge in [0.25, 0.3) is 0 Å². The molecule has 1 rings (SSSR count). The molecule has 1 aromatic rings. The van der Waals surface area contributed by atoms with Crippen LogP contribution in [-0.4, -0.2) is 17.9 Å². The van der Waals surface area contributed by atoms with Crippen molar-refractivity contribution in [1.82, 2.24) is 0 Å². The average molecular weight is 237 g/mol. The van der Waals surface area contributed by atoms with E-state index in [0.717, 1.165) is 37.8 Å². The zero-order valence-corrected chi connectivity index (χ0v) is 9.89. The van der Waals surface area contributed by atoms with E-state index < -0.39 is 6.16 Å². The van der Waals surface area contributed by atoms with Crippen LogP contribution in [0.25, 0.3) is 0 Å². The molecule has 0 saturated carbocycles. The van der Waals surface area contributed by atoms with Crippen LogP contribution >= 0.6 is 0 Å². The second-order valence-electron chi connectivity index (χ2n) is 4.02. The molecule has 0 aromatic heterocycles. The molecule has 4 heteroatoms. The van der Waals surface area contributed by atoms with Crippen LogP contribution in [0.15, 0.2) is 24.3 Å². The number of aryl methyl sites for hydroxylation is 1. The summed E-state index contributed by atoms with van der Waals surface area (Å²) in [6, 6.07) is 7.91. The Morgan fingerprint density at radius 1 is 1.12 bits per heavy atom. The van der Waals surface area contributed by atoms with Crippen molar-refractivity contribution >= 4 is 11.8 Å². The second-order valence-corrected chi connectivity index (χ2v) is 4.02. The number of ether oxygens (including phenoxy) is 1. The SMILES string of the molecule is Nc1ccc(CCCCCCOC(=O)O)cc1. The number of rotatable bonds is 7. The Hall–Kier alpha value is -1.71. The Morgan fingerprint density at radius 3 is 2.41 bits per heavy atom. The molecule has 0 aliphatic heterocycles. The highest BCUT2D eigenvalue weighted by Gasteiger charge is 1.97. The van der Waals surface area contributed by atoms with E-state index in [0.29, 0.717) is 6.61 Å². The maximum absolute atomic E-state index is 10.1.